The predicted octanol–water partition coefficient (Wildman–Crippen LogP) is -1.32. The maximum Gasteiger partial charge on any atom is 0.475 e. The van der Waals surface area contributed by atoms with Gasteiger partial charge >= 0.3 is 7.12 Å². The Morgan fingerprint density at radius 2 is 1.33 bits per heavy atom. The van der Waals surface area contributed by atoms with Crippen LogP contribution in [0.3, 0.4) is 0 Å². The number of hydrogen-bond acceptors (Lipinski definition) is 11. The fraction of sp³-hybridized carbons (Fsp3) is 0.513. The van der Waals surface area contributed by atoms with E-state index in [1.165, 1.54) is 26.3 Å². The summed E-state index contributed by atoms with van der Waals surface area (Å²) in [6.45, 7) is 6.17. The molecular weight excluding hydrogens is 751 g/mol. The summed E-state index contributed by atoms with van der Waals surface area (Å²) in [5.74, 6) is -6.74. The van der Waals surface area contributed by atoms with E-state index in [9.17, 15) is 48.7 Å². The fourth-order valence-electron chi connectivity index (χ4n) is 5.61. The van der Waals surface area contributed by atoms with E-state index in [2.05, 4.69) is 63.1 Å². The number of carbonyl (C=O) groups is 7. The second kappa shape index (κ2) is 25.1. The van der Waals surface area contributed by atoms with E-state index in [1.807, 2.05) is 12.1 Å². The zero-order valence-electron chi connectivity index (χ0n) is 33.6. The number of carbonyl (C=O) groups excluding carboxylic acids is 7. The van der Waals surface area contributed by atoms with Crippen LogP contribution in [0.1, 0.15) is 88.6 Å². The third kappa shape index (κ3) is 17.0. The quantitative estimate of drug-likeness (QED) is 0.0413. The van der Waals surface area contributed by atoms with Crippen LogP contribution in [0.25, 0.3) is 11.1 Å². The Bertz CT molecular complexity index is 1680. The van der Waals surface area contributed by atoms with Crippen LogP contribution in [0.4, 0.5) is 0 Å². The SMILES string of the molecule is CCCCc1ccc(-c2ccc(C(=O)NCCC(=O)N[C@@H](CCCCN)C(=O)N[C@H](C(=O)N[C@@H](C)C(=O)N[C@@H](CC(N)=O)C(=O)N[C@@H](C)B(O)O)[C@@H](C)O)cc2)cc1. The van der Waals surface area contributed by atoms with Gasteiger partial charge in [-0.15, -0.1) is 0 Å². The number of amides is 7. The molecule has 13 N–H and O–H groups in total. The van der Waals surface area contributed by atoms with E-state index in [0.717, 1.165) is 30.4 Å². The number of rotatable bonds is 25. The molecule has 18 nitrogen and oxygen atoms in total. The lowest BCUT2D eigenvalue weighted by Gasteiger charge is -2.26. The van der Waals surface area contributed by atoms with Gasteiger partial charge in [0, 0.05) is 18.5 Å². The van der Waals surface area contributed by atoms with E-state index >= 15 is 0 Å². The van der Waals surface area contributed by atoms with Gasteiger partial charge in [-0.05, 0) is 88.2 Å². The lowest BCUT2D eigenvalue weighted by Crippen LogP contribution is -2.60. The Morgan fingerprint density at radius 1 is 0.724 bits per heavy atom. The number of aliphatic hydroxyl groups excluding tert-OH is 1. The molecule has 0 bridgehead atoms. The first-order valence-electron chi connectivity index (χ1n) is 19.5. The summed E-state index contributed by atoms with van der Waals surface area (Å²) >= 11 is 0. The van der Waals surface area contributed by atoms with Crippen molar-refractivity contribution >= 4 is 48.5 Å². The van der Waals surface area contributed by atoms with Gasteiger partial charge in [0.25, 0.3) is 5.91 Å². The molecule has 0 radical (unpaired) electrons. The first kappa shape index (κ1) is 48.8. The van der Waals surface area contributed by atoms with Gasteiger partial charge < -0.3 is 58.5 Å². The number of aliphatic hydroxyl groups is 1. The minimum absolute atomic E-state index is 0.0359. The molecule has 0 unspecified atom stereocenters. The normalized spacial score (nSPS) is 14.0. The smallest absolute Gasteiger partial charge is 0.426 e. The molecule has 2 rings (SSSR count). The van der Waals surface area contributed by atoms with Crippen LogP contribution >= 0.6 is 0 Å². The number of primary amides is 1. The van der Waals surface area contributed by atoms with E-state index < -0.39 is 85.2 Å². The lowest BCUT2D eigenvalue weighted by molar-refractivity contribution is -0.136. The monoisotopic (exact) mass is 810 g/mol. The van der Waals surface area contributed by atoms with Crippen molar-refractivity contribution in [3.63, 3.8) is 0 Å². The van der Waals surface area contributed by atoms with Crippen molar-refractivity contribution in [2.24, 2.45) is 11.5 Å². The van der Waals surface area contributed by atoms with E-state index in [-0.39, 0.29) is 25.3 Å². The molecule has 318 valence electrons. The van der Waals surface area contributed by atoms with Gasteiger partial charge in [0.05, 0.1) is 18.5 Å². The minimum atomic E-state index is -1.93. The summed E-state index contributed by atoms with van der Waals surface area (Å²) < 4.78 is 0. The number of nitrogens with two attached hydrogens (primary N) is 2. The molecule has 19 heteroatoms. The summed E-state index contributed by atoms with van der Waals surface area (Å²) in [4.78, 5) is 89.4. The van der Waals surface area contributed by atoms with Crippen molar-refractivity contribution in [1.29, 1.82) is 0 Å². The molecule has 0 spiro atoms. The second-order valence-electron chi connectivity index (χ2n) is 14.2. The summed E-state index contributed by atoms with van der Waals surface area (Å²) in [5.41, 5.74) is 14.5. The number of benzene rings is 2. The zero-order valence-corrected chi connectivity index (χ0v) is 33.6. The van der Waals surface area contributed by atoms with Crippen LogP contribution in [0.5, 0.6) is 0 Å². The van der Waals surface area contributed by atoms with Gasteiger partial charge in [0.1, 0.15) is 24.2 Å². The molecule has 0 saturated heterocycles. The lowest BCUT2D eigenvalue weighted by atomic mass is 9.81. The average Bonchev–Trinajstić information content (AvgIpc) is 3.18. The molecule has 6 atom stereocenters. The van der Waals surface area contributed by atoms with Gasteiger partial charge in [0.2, 0.25) is 35.4 Å². The molecule has 0 heterocycles. The van der Waals surface area contributed by atoms with Gasteiger partial charge in [-0.25, -0.2) is 0 Å². The molecule has 0 aliphatic carbocycles. The van der Waals surface area contributed by atoms with E-state index in [0.29, 0.717) is 24.9 Å². The molecule has 0 saturated carbocycles. The molecule has 0 fully saturated rings. The number of unbranched alkanes of at least 4 members (excludes halogenated alkanes) is 2. The molecular formula is C39H59BN8O10. The average molecular weight is 811 g/mol. The van der Waals surface area contributed by atoms with Gasteiger partial charge in [-0.2, -0.15) is 0 Å². The Balaban J connectivity index is 1.99. The van der Waals surface area contributed by atoms with Crippen LogP contribution < -0.4 is 43.4 Å². The first-order chi connectivity index (χ1) is 27.5. The Kier molecular flexibility index (Phi) is 21.1. The van der Waals surface area contributed by atoms with Crippen molar-refractivity contribution in [2.45, 2.75) is 115 Å². The number of hydrogen-bond donors (Lipinski definition) is 11. The Labute approximate surface area is 339 Å². The summed E-state index contributed by atoms with van der Waals surface area (Å²) in [5, 5.41) is 43.5. The summed E-state index contributed by atoms with van der Waals surface area (Å²) in [6.07, 6.45) is 2.09. The molecule has 2 aromatic rings. The van der Waals surface area contributed by atoms with Crippen molar-refractivity contribution in [3.05, 3.63) is 59.7 Å². The van der Waals surface area contributed by atoms with Crippen molar-refractivity contribution in [1.82, 2.24) is 31.9 Å². The van der Waals surface area contributed by atoms with Crippen molar-refractivity contribution in [2.75, 3.05) is 13.1 Å². The topological polar surface area (TPSA) is 304 Å². The van der Waals surface area contributed by atoms with Crippen LogP contribution in [-0.4, -0.2) is 113 Å². The minimum Gasteiger partial charge on any atom is -0.426 e. The van der Waals surface area contributed by atoms with Crippen LogP contribution in [0, 0.1) is 0 Å². The molecule has 0 aromatic heterocycles. The second-order valence-corrected chi connectivity index (χ2v) is 14.2. The van der Waals surface area contributed by atoms with Gasteiger partial charge in [0.15, 0.2) is 0 Å². The highest BCUT2D eigenvalue weighted by molar-refractivity contribution is 6.43. The van der Waals surface area contributed by atoms with E-state index in [4.69, 9.17) is 11.5 Å². The van der Waals surface area contributed by atoms with Gasteiger partial charge in [-0.3, -0.25) is 33.6 Å². The maximum absolute atomic E-state index is 13.4. The largest absolute Gasteiger partial charge is 0.475 e. The first-order valence-corrected chi connectivity index (χ1v) is 19.5. The van der Waals surface area contributed by atoms with Crippen LogP contribution in [-0.2, 0) is 35.2 Å². The van der Waals surface area contributed by atoms with Crippen molar-refractivity contribution < 1.29 is 48.7 Å². The third-order valence-corrected chi connectivity index (χ3v) is 9.16. The molecule has 2 aromatic carbocycles. The van der Waals surface area contributed by atoms with Gasteiger partial charge in [-0.1, -0.05) is 49.7 Å². The fourth-order valence-corrected chi connectivity index (χ4v) is 5.61. The predicted molar refractivity (Wildman–Crippen MR) is 217 cm³/mol. The molecule has 0 aliphatic heterocycles. The third-order valence-electron chi connectivity index (χ3n) is 9.16. The molecule has 0 aliphatic rings. The molecule has 58 heavy (non-hydrogen) atoms. The summed E-state index contributed by atoms with van der Waals surface area (Å²) in [7, 11) is -1.93. The maximum atomic E-state index is 13.4. The highest BCUT2D eigenvalue weighted by Crippen LogP contribution is 2.21. The Morgan fingerprint density at radius 3 is 1.88 bits per heavy atom. The Hall–Kier alpha value is -5.37. The molecule has 7 amide bonds. The standard InChI is InChI=1S/C39H59BN8O10/c1-5-6-9-26-11-13-27(14-12-26)28-15-17-29(18-16-28)36(53)43-21-19-33(51)46-30(10-7-8-20-41)37(54)48-34(24(3)49)39(56)44-23(2)35(52)47-31(22-32(42)50)38(55)45-25(4)40(57)58/h11-18,23-25,30-31,34,49,57-58H,5-10,19-22,41H2,1-4H3,(H2,42,50)(H,43,53)(H,44,56)(H,45,55)(H,46,51)(H,47,52)(H,48,54)/t23-,24+,25-,30-,31-,34-/m0/s1. The highest BCUT2D eigenvalue weighted by atomic mass is 16.4. The zero-order chi connectivity index (χ0) is 43.4. The van der Waals surface area contributed by atoms with Crippen LogP contribution in [0.15, 0.2) is 48.5 Å². The van der Waals surface area contributed by atoms with Crippen molar-refractivity contribution in [3.8, 4) is 11.1 Å². The van der Waals surface area contributed by atoms with E-state index in [1.54, 1.807) is 12.1 Å². The summed E-state index contributed by atoms with van der Waals surface area (Å²) in [6, 6.07) is 9.77. The van der Waals surface area contributed by atoms with Crippen LogP contribution in [0.2, 0.25) is 0 Å². The highest BCUT2D eigenvalue weighted by Gasteiger charge is 2.33. The number of nitrogens with one attached hydrogen (secondary N) is 6. The number of aryl methyl sites for hydroxylation is 1.